The molecule has 0 aliphatic carbocycles. The van der Waals surface area contributed by atoms with E-state index in [9.17, 15) is 28.3 Å². The molecule has 0 spiro atoms. The third kappa shape index (κ3) is 4.85. The topological polar surface area (TPSA) is 168 Å². The second kappa shape index (κ2) is 10.7. The molecule has 1 atom stereocenters. The van der Waals surface area contributed by atoms with Crippen LogP contribution in [0, 0.1) is 22.1 Å². The highest BCUT2D eigenvalue weighted by Crippen LogP contribution is 2.32. The number of aryl methyl sites for hydroxylation is 1. The van der Waals surface area contributed by atoms with Crippen molar-refractivity contribution in [3.63, 3.8) is 0 Å². The fraction of sp³-hybridized carbons (Fsp3) is 0.107. The minimum atomic E-state index is -1.03. The highest BCUT2D eigenvalue weighted by molar-refractivity contribution is 14.1. The summed E-state index contributed by atoms with van der Waals surface area (Å²) in [5, 5.41) is 16.7. The molecule has 1 aliphatic heterocycles. The van der Waals surface area contributed by atoms with Gasteiger partial charge in [0, 0.05) is 20.5 Å². The Morgan fingerprint density at radius 2 is 1.88 bits per heavy atom. The number of rotatable bonds is 7. The van der Waals surface area contributed by atoms with Crippen LogP contribution in [0.3, 0.4) is 0 Å². The number of ketones is 1. The van der Waals surface area contributed by atoms with Crippen molar-refractivity contribution in [1.29, 1.82) is 0 Å². The number of aliphatic hydroxyl groups excluding tert-OH is 1. The molecule has 0 radical (unpaired) electrons. The van der Waals surface area contributed by atoms with E-state index in [1.807, 2.05) is 22.6 Å². The maximum Gasteiger partial charge on any atom is 0.329 e. The maximum absolute atomic E-state index is 14.0. The van der Waals surface area contributed by atoms with Gasteiger partial charge in [0.15, 0.2) is 11.6 Å². The number of carbonyl (C=O) groups excluding carboxylic acids is 3. The summed E-state index contributed by atoms with van der Waals surface area (Å²) in [6, 6.07) is 8.01. The van der Waals surface area contributed by atoms with Gasteiger partial charge < -0.3 is 25.9 Å². The molecule has 1 aliphatic rings. The van der Waals surface area contributed by atoms with Gasteiger partial charge in [0.25, 0.3) is 5.91 Å². The second-order valence-electron chi connectivity index (χ2n) is 9.58. The van der Waals surface area contributed by atoms with Crippen LogP contribution in [0.4, 0.5) is 25.1 Å². The number of pyridine rings is 1. The molecule has 15 heteroatoms. The molecule has 3 aromatic heterocycles. The van der Waals surface area contributed by atoms with E-state index in [0.29, 0.717) is 31.4 Å². The highest BCUT2D eigenvalue weighted by atomic mass is 127. The number of para-hydroxylation sites is 1. The number of fused-ring (bicyclic) bond motifs is 1. The quantitative estimate of drug-likeness (QED) is 0.113. The summed E-state index contributed by atoms with van der Waals surface area (Å²) in [5.74, 6) is -3.43. The number of H-pyrrole nitrogens is 1. The van der Waals surface area contributed by atoms with Gasteiger partial charge in [-0.1, -0.05) is 6.07 Å². The number of imide groups is 1. The van der Waals surface area contributed by atoms with Crippen LogP contribution in [0.2, 0.25) is 0 Å². The summed E-state index contributed by atoms with van der Waals surface area (Å²) in [5.41, 5.74) is 8.34. The summed E-state index contributed by atoms with van der Waals surface area (Å²) < 4.78 is 35.2. The Balaban J connectivity index is 1.28. The molecule has 1 saturated heterocycles. The lowest BCUT2D eigenvalue weighted by atomic mass is 10.1. The van der Waals surface area contributed by atoms with Crippen molar-refractivity contribution < 1.29 is 33.0 Å². The van der Waals surface area contributed by atoms with Crippen molar-refractivity contribution in [1.82, 2.24) is 25.1 Å². The molecule has 4 heterocycles. The fourth-order valence-electron chi connectivity index (χ4n) is 4.67. The van der Waals surface area contributed by atoms with E-state index in [1.54, 1.807) is 25.1 Å². The molecule has 2 aromatic carbocycles. The number of nitrogens with two attached hydrogens (primary N) is 1. The van der Waals surface area contributed by atoms with Crippen LogP contribution in [-0.4, -0.2) is 55.2 Å². The molecule has 6 rings (SSSR count). The van der Waals surface area contributed by atoms with Crippen LogP contribution in [0.1, 0.15) is 21.6 Å². The number of amides is 3. The smallest absolute Gasteiger partial charge is 0.329 e. The van der Waals surface area contributed by atoms with Gasteiger partial charge in [-0.3, -0.25) is 9.59 Å². The minimum Gasteiger partial charge on any atom is -0.433 e. The van der Waals surface area contributed by atoms with Gasteiger partial charge in [0.1, 0.15) is 11.9 Å². The zero-order valence-corrected chi connectivity index (χ0v) is 24.2. The highest BCUT2D eigenvalue weighted by Gasteiger charge is 2.39. The first-order valence-corrected chi connectivity index (χ1v) is 13.7. The lowest BCUT2D eigenvalue weighted by Gasteiger charge is -2.15. The van der Waals surface area contributed by atoms with Gasteiger partial charge in [0.05, 0.1) is 41.6 Å². The summed E-state index contributed by atoms with van der Waals surface area (Å²) >= 11 is 1.98. The van der Waals surface area contributed by atoms with E-state index in [4.69, 9.17) is 10.5 Å². The zero-order chi connectivity index (χ0) is 30.6. The Morgan fingerprint density at radius 3 is 2.56 bits per heavy atom. The van der Waals surface area contributed by atoms with E-state index in [-0.39, 0.29) is 23.0 Å². The summed E-state index contributed by atoms with van der Waals surface area (Å²) in [4.78, 5) is 46.5. The number of ether oxygens (including phenoxy) is 1. The Labute approximate surface area is 254 Å². The van der Waals surface area contributed by atoms with Crippen LogP contribution >= 0.6 is 22.6 Å². The van der Waals surface area contributed by atoms with E-state index in [2.05, 4.69) is 20.4 Å². The van der Waals surface area contributed by atoms with Crippen molar-refractivity contribution in [2.75, 3.05) is 17.2 Å². The number of halogens is 3. The van der Waals surface area contributed by atoms with E-state index >= 15 is 0 Å². The molecule has 0 unspecified atom stereocenters. The molecule has 0 bridgehead atoms. The Hall–Kier alpha value is -4.90. The number of aromatic amines is 1. The number of nitrogens with zero attached hydrogens (tertiary/aromatic N) is 4. The molecular weight excluding hydrogens is 679 g/mol. The first-order valence-electron chi connectivity index (χ1n) is 12.6. The van der Waals surface area contributed by atoms with Crippen molar-refractivity contribution in [2.24, 2.45) is 0 Å². The summed E-state index contributed by atoms with van der Waals surface area (Å²) in [6.45, 7) is 1.16. The molecule has 5 N–H and O–H groups in total. The molecule has 43 heavy (non-hydrogen) atoms. The van der Waals surface area contributed by atoms with Gasteiger partial charge >= 0.3 is 6.03 Å². The first kappa shape index (κ1) is 28.2. The molecule has 3 amide bonds. The van der Waals surface area contributed by atoms with Gasteiger partial charge in [-0.05, 0) is 65.4 Å². The standard InChI is InChI=1S/C28H20F2IN7O5/c1-12-5-23(43-25-15(29)3-2-4-16(25)30)33-10-22(12)38-26(32)14(9-34-38)24(40)19-7-13-6-17(31)21(8-18(13)35-19)37-27(41)20(11-39)36-28(37)42/h2-10,20,35,39H,11,32H2,1H3,(H,36,42)/t20-/m0/s1. The number of carbonyl (C=O) groups is 3. The van der Waals surface area contributed by atoms with Crippen LogP contribution in [0.5, 0.6) is 11.6 Å². The number of benzene rings is 2. The monoisotopic (exact) mass is 699 g/mol. The number of hydrogen-bond donors (Lipinski definition) is 4. The first-order chi connectivity index (χ1) is 20.6. The largest absolute Gasteiger partial charge is 0.433 e. The predicted octanol–water partition coefficient (Wildman–Crippen LogP) is 3.96. The lowest BCUT2D eigenvalue weighted by molar-refractivity contribution is -0.119. The number of nitrogen functional groups attached to an aromatic ring is 1. The minimum absolute atomic E-state index is 0.0204. The Morgan fingerprint density at radius 1 is 1.14 bits per heavy atom. The van der Waals surface area contributed by atoms with Crippen LogP contribution in [0.15, 0.2) is 54.9 Å². The molecule has 0 saturated carbocycles. The van der Waals surface area contributed by atoms with Crippen molar-refractivity contribution >= 4 is 62.7 Å². The average Bonchev–Trinajstić information content (AvgIpc) is 3.64. The maximum atomic E-state index is 14.0. The second-order valence-corrected chi connectivity index (χ2v) is 10.7. The van der Waals surface area contributed by atoms with E-state index < -0.39 is 47.8 Å². The van der Waals surface area contributed by atoms with E-state index in [0.717, 1.165) is 17.0 Å². The number of aliphatic hydroxyl groups is 1. The normalized spacial score (nSPS) is 14.9. The van der Waals surface area contributed by atoms with Crippen molar-refractivity contribution in [2.45, 2.75) is 13.0 Å². The Bertz CT molecular complexity index is 1950. The number of nitrogens with one attached hydrogen (secondary N) is 2. The molecule has 218 valence electrons. The number of aromatic nitrogens is 4. The molecular formula is C28H20F2IN7O5. The van der Waals surface area contributed by atoms with E-state index in [1.165, 1.54) is 29.2 Å². The third-order valence-corrected chi connectivity index (χ3v) is 7.70. The number of urea groups is 1. The number of hydrogen-bond acceptors (Lipinski definition) is 8. The lowest BCUT2D eigenvalue weighted by Crippen LogP contribution is -2.33. The third-order valence-electron chi connectivity index (χ3n) is 6.84. The van der Waals surface area contributed by atoms with Gasteiger partial charge in [0.2, 0.25) is 17.4 Å². The van der Waals surface area contributed by atoms with Crippen LogP contribution in [-0.2, 0) is 4.79 Å². The molecule has 1 fully saturated rings. The summed E-state index contributed by atoms with van der Waals surface area (Å²) in [6.07, 6.45) is 2.66. The van der Waals surface area contributed by atoms with Gasteiger partial charge in [-0.15, -0.1) is 0 Å². The molecule has 12 nitrogen and oxygen atoms in total. The molecule has 5 aromatic rings. The van der Waals surface area contributed by atoms with Crippen molar-refractivity contribution in [3.8, 4) is 17.3 Å². The van der Waals surface area contributed by atoms with Crippen molar-refractivity contribution in [3.05, 3.63) is 86.9 Å². The fourth-order valence-corrected chi connectivity index (χ4v) is 5.41. The average molecular weight is 699 g/mol. The predicted molar refractivity (Wildman–Crippen MR) is 158 cm³/mol. The van der Waals surface area contributed by atoms with Gasteiger partial charge in [-0.25, -0.2) is 28.1 Å². The Kier molecular flexibility index (Phi) is 7.05. The van der Waals surface area contributed by atoms with Crippen LogP contribution in [0.25, 0.3) is 16.6 Å². The SMILES string of the molecule is Cc1cc(Oc2c(F)cccc2F)ncc1-n1ncc(C(=O)c2cc3cc(I)c(N4C(=O)N[C@@H](CO)C4=O)cc3[nH]2)c1N. The van der Waals surface area contributed by atoms with Gasteiger partial charge in [-0.2, -0.15) is 5.10 Å². The zero-order valence-electron chi connectivity index (χ0n) is 22.1. The number of anilines is 2. The van der Waals surface area contributed by atoms with Crippen LogP contribution < -0.4 is 20.7 Å². The summed E-state index contributed by atoms with van der Waals surface area (Å²) in [7, 11) is 0.